The predicted molar refractivity (Wildman–Crippen MR) is 104 cm³/mol. The average molecular weight is 349 g/mol. The van der Waals surface area contributed by atoms with Crippen molar-refractivity contribution in [2.75, 3.05) is 11.4 Å². The van der Waals surface area contributed by atoms with Crippen LogP contribution in [0.4, 0.5) is 5.69 Å². The number of allylic oxidation sites excluding steroid dienone is 1. The zero-order valence-electron chi connectivity index (χ0n) is 15.1. The quantitative estimate of drug-likeness (QED) is 0.570. The summed E-state index contributed by atoms with van der Waals surface area (Å²) in [4.78, 5) is 26.1. The number of benzene rings is 2. The Hall–Kier alpha value is -2.88. The van der Waals surface area contributed by atoms with Gasteiger partial charge in [-0.25, -0.2) is 0 Å². The first-order chi connectivity index (χ1) is 12.5. The van der Waals surface area contributed by atoms with Crippen molar-refractivity contribution in [2.24, 2.45) is 0 Å². The lowest BCUT2D eigenvalue weighted by Crippen LogP contribution is -2.23. The summed E-state index contributed by atoms with van der Waals surface area (Å²) in [5.41, 5.74) is 2.31. The van der Waals surface area contributed by atoms with Crippen molar-refractivity contribution in [2.45, 2.75) is 32.8 Å². The van der Waals surface area contributed by atoms with Gasteiger partial charge in [-0.15, -0.1) is 0 Å². The summed E-state index contributed by atoms with van der Waals surface area (Å²) >= 11 is 0. The fourth-order valence-corrected chi connectivity index (χ4v) is 2.95. The molecule has 0 unspecified atom stereocenters. The molecule has 134 valence electrons. The zero-order chi connectivity index (χ0) is 18.5. The summed E-state index contributed by atoms with van der Waals surface area (Å²) in [6.07, 6.45) is 4.92. The first-order valence-electron chi connectivity index (χ1n) is 8.92. The molecule has 0 aliphatic carbocycles. The van der Waals surface area contributed by atoms with Crippen molar-refractivity contribution in [1.29, 1.82) is 0 Å². The van der Waals surface area contributed by atoms with Gasteiger partial charge in [0.2, 0.25) is 5.91 Å². The van der Waals surface area contributed by atoms with Gasteiger partial charge in [-0.3, -0.25) is 9.59 Å². The van der Waals surface area contributed by atoms with Crippen LogP contribution < -0.4 is 9.64 Å². The van der Waals surface area contributed by atoms with Crippen LogP contribution in [0, 0.1) is 0 Å². The number of nitrogens with zero attached hydrogens (tertiary/aromatic N) is 1. The van der Waals surface area contributed by atoms with Crippen molar-refractivity contribution in [1.82, 2.24) is 0 Å². The van der Waals surface area contributed by atoms with Crippen molar-refractivity contribution in [3.8, 4) is 5.75 Å². The Morgan fingerprint density at radius 3 is 2.58 bits per heavy atom. The average Bonchev–Trinajstić information content (AvgIpc) is 3.06. The molecule has 1 fully saturated rings. The molecule has 0 atom stereocenters. The molecule has 0 N–H and O–H groups in total. The number of ketones is 1. The van der Waals surface area contributed by atoms with Gasteiger partial charge in [0, 0.05) is 24.2 Å². The SMILES string of the molecule is CC(C)Oc1ccc(/C=C/C(=O)c2cccc(N3CCCC3=O)c2)cc1. The van der Waals surface area contributed by atoms with Crippen LogP contribution in [0.15, 0.2) is 54.6 Å². The van der Waals surface area contributed by atoms with Gasteiger partial charge in [-0.1, -0.05) is 30.3 Å². The highest BCUT2D eigenvalue weighted by Gasteiger charge is 2.22. The first kappa shape index (κ1) is 17.9. The van der Waals surface area contributed by atoms with E-state index in [2.05, 4.69) is 0 Å². The highest BCUT2D eigenvalue weighted by Crippen LogP contribution is 2.23. The van der Waals surface area contributed by atoms with E-state index < -0.39 is 0 Å². The lowest BCUT2D eigenvalue weighted by molar-refractivity contribution is -0.117. The Morgan fingerprint density at radius 2 is 1.92 bits per heavy atom. The van der Waals surface area contributed by atoms with Crippen molar-refractivity contribution in [3.05, 3.63) is 65.7 Å². The number of rotatable bonds is 6. The summed E-state index contributed by atoms with van der Waals surface area (Å²) in [6.45, 7) is 4.68. The lowest BCUT2D eigenvalue weighted by Gasteiger charge is -2.16. The van der Waals surface area contributed by atoms with Gasteiger partial charge in [0.05, 0.1) is 6.10 Å². The number of carbonyl (C=O) groups is 2. The standard InChI is InChI=1S/C22H23NO3/c1-16(2)26-20-11-8-17(9-12-20)10-13-21(24)18-5-3-6-19(15-18)23-14-4-7-22(23)25/h3,5-6,8-13,15-16H,4,7,14H2,1-2H3/b13-10+. The maximum Gasteiger partial charge on any atom is 0.227 e. The van der Waals surface area contributed by atoms with Crippen LogP contribution in [-0.4, -0.2) is 24.3 Å². The second kappa shape index (κ2) is 8.00. The van der Waals surface area contributed by atoms with Crippen molar-refractivity contribution < 1.29 is 14.3 Å². The molecular weight excluding hydrogens is 326 g/mol. The number of carbonyl (C=O) groups excluding carboxylic acids is 2. The molecule has 26 heavy (non-hydrogen) atoms. The van der Waals surface area contributed by atoms with Crippen LogP contribution in [0.5, 0.6) is 5.75 Å². The largest absolute Gasteiger partial charge is 0.491 e. The van der Waals surface area contributed by atoms with Crippen molar-refractivity contribution >= 4 is 23.5 Å². The van der Waals surface area contributed by atoms with Gasteiger partial charge in [0.15, 0.2) is 5.78 Å². The lowest BCUT2D eigenvalue weighted by atomic mass is 10.1. The predicted octanol–water partition coefficient (Wildman–Crippen LogP) is 4.50. The normalized spacial score (nSPS) is 14.4. The molecular formula is C22H23NO3. The van der Waals surface area contributed by atoms with Crippen LogP contribution in [0.1, 0.15) is 42.6 Å². The summed E-state index contributed by atoms with van der Waals surface area (Å²) in [7, 11) is 0. The van der Waals surface area contributed by atoms with Crippen LogP contribution in [0.25, 0.3) is 6.08 Å². The molecule has 0 aromatic heterocycles. The monoisotopic (exact) mass is 349 g/mol. The Morgan fingerprint density at radius 1 is 1.15 bits per heavy atom. The van der Waals surface area contributed by atoms with Gasteiger partial charge < -0.3 is 9.64 Å². The molecule has 1 aliphatic rings. The Kier molecular flexibility index (Phi) is 5.52. The van der Waals surface area contributed by atoms with E-state index in [1.807, 2.05) is 50.2 Å². The molecule has 4 nitrogen and oxygen atoms in total. The highest BCUT2D eigenvalue weighted by molar-refractivity contribution is 6.08. The third kappa shape index (κ3) is 4.39. The second-order valence-electron chi connectivity index (χ2n) is 6.63. The second-order valence-corrected chi connectivity index (χ2v) is 6.63. The first-order valence-corrected chi connectivity index (χ1v) is 8.92. The molecule has 2 aromatic rings. The van der Waals surface area contributed by atoms with Gasteiger partial charge in [-0.05, 0) is 56.2 Å². The summed E-state index contributed by atoms with van der Waals surface area (Å²) in [5.74, 6) is 0.848. The molecule has 4 heteroatoms. The van der Waals surface area contributed by atoms with E-state index in [1.165, 1.54) is 0 Å². The van der Waals surface area contributed by atoms with E-state index in [-0.39, 0.29) is 17.8 Å². The van der Waals surface area contributed by atoms with E-state index in [0.717, 1.165) is 30.0 Å². The maximum atomic E-state index is 12.5. The van der Waals surface area contributed by atoms with E-state index in [1.54, 1.807) is 29.2 Å². The maximum absolute atomic E-state index is 12.5. The van der Waals surface area contributed by atoms with E-state index in [4.69, 9.17) is 4.74 Å². The van der Waals surface area contributed by atoms with E-state index in [9.17, 15) is 9.59 Å². The molecule has 0 spiro atoms. The van der Waals surface area contributed by atoms with E-state index >= 15 is 0 Å². The molecule has 1 amide bonds. The minimum absolute atomic E-state index is 0.0824. The Bertz CT molecular complexity index is 822. The molecule has 3 rings (SSSR count). The number of ether oxygens (including phenoxy) is 1. The van der Waals surface area contributed by atoms with Gasteiger partial charge in [0.1, 0.15) is 5.75 Å². The number of anilines is 1. The van der Waals surface area contributed by atoms with Gasteiger partial charge in [-0.2, -0.15) is 0 Å². The molecule has 1 saturated heterocycles. The fraction of sp³-hybridized carbons (Fsp3) is 0.273. The topological polar surface area (TPSA) is 46.6 Å². The Balaban J connectivity index is 1.69. The molecule has 1 heterocycles. The van der Waals surface area contributed by atoms with Gasteiger partial charge in [0.25, 0.3) is 0 Å². The summed E-state index contributed by atoms with van der Waals surface area (Å²) in [6, 6.07) is 14.9. The number of amides is 1. The highest BCUT2D eigenvalue weighted by atomic mass is 16.5. The van der Waals surface area contributed by atoms with Crippen LogP contribution >= 0.6 is 0 Å². The molecule has 0 saturated carbocycles. The molecule has 0 radical (unpaired) electrons. The smallest absolute Gasteiger partial charge is 0.227 e. The van der Waals surface area contributed by atoms with Crippen molar-refractivity contribution in [3.63, 3.8) is 0 Å². The van der Waals surface area contributed by atoms with Crippen LogP contribution in [0.3, 0.4) is 0 Å². The van der Waals surface area contributed by atoms with Gasteiger partial charge >= 0.3 is 0 Å². The molecule has 1 aliphatic heterocycles. The number of hydrogen-bond donors (Lipinski definition) is 0. The summed E-state index contributed by atoms with van der Waals surface area (Å²) in [5, 5.41) is 0. The van der Waals surface area contributed by atoms with E-state index in [0.29, 0.717) is 12.0 Å². The minimum Gasteiger partial charge on any atom is -0.491 e. The third-order valence-corrected chi connectivity index (χ3v) is 4.19. The van der Waals surface area contributed by atoms with Crippen LogP contribution in [-0.2, 0) is 4.79 Å². The fourth-order valence-electron chi connectivity index (χ4n) is 2.95. The number of hydrogen-bond acceptors (Lipinski definition) is 3. The van der Waals surface area contributed by atoms with Crippen LogP contribution in [0.2, 0.25) is 0 Å². The summed E-state index contributed by atoms with van der Waals surface area (Å²) < 4.78 is 5.61. The third-order valence-electron chi connectivity index (χ3n) is 4.19. The molecule has 2 aromatic carbocycles. The zero-order valence-corrected chi connectivity index (χ0v) is 15.1. The molecule has 0 bridgehead atoms. The minimum atomic E-state index is -0.0824. The Labute approximate surface area is 154 Å².